The maximum Gasteiger partial charge on any atom is 0.311 e. The molecule has 0 saturated carbocycles. The van der Waals surface area contributed by atoms with Crippen LogP contribution in [0.1, 0.15) is 103 Å². The molecule has 0 fully saturated rings. The molecule has 1 N–H and O–H groups in total. The molecule has 2 rings (SSSR count). The van der Waals surface area contributed by atoms with Crippen molar-refractivity contribution < 1.29 is 24.2 Å². The molecule has 5 nitrogen and oxygen atoms in total. The normalized spacial score (nSPS) is 12.3. The van der Waals surface area contributed by atoms with E-state index in [4.69, 9.17) is 9.47 Å². The Hall–Kier alpha value is -2.66. The van der Waals surface area contributed by atoms with Gasteiger partial charge in [0.25, 0.3) is 0 Å². The topological polar surface area (TPSA) is 72.8 Å². The molecule has 0 amide bonds. The third-order valence-corrected chi connectivity index (χ3v) is 6.92. The predicted molar refractivity (Wildman–Crippen MR) is 157 cm³/mol. The lowest BCUT2D eigenvalue weighted by Crippen LogP contribution is -2.30. The Bertz CT molecular complexity index is 961. The largest absolute Gasteiger partial charge is 0.465 e. The van der Waals surface area contributed by atoms with Crippen LogP contribution in [0.3, 0.4) is 0 Å². The van der Waals surface area contributed by atoms with Crippen molar-refractivity contribution in [2.24, 2.45) is 10.8 Å². The summed E-state index contributed by atoms with van der Waals surface area (Å²) in [7, 11) is 0. The van der Waals surface area contributed by atoms with E-state index in [0.717, 1.165) is 38.5 Å². The summed E-state index contributed by atoms with van der Waals surface area (Å²) in [6, 6.07) is 19.1. The Kier molecular flexibility index (Phi) is 12.7. The molecule has 0 spiro atoms. The van der Waals surface area contributed by atoms with E-state index in [1.807, 2.05) is 47.6 Å². The highest BCUT2D eigenvalue weighted by Gasteiger charge is 2.27. The van der Waals surface area contributed by atoms with Crippen LogP contribution in [0.2, 0.25) is 0 Å². The standard InChI is InChI=1S/C34H50O5/c1-32(2,3)30(35)38-24-12-10-21-34(37,22-11-13-25-39-31(36)33(4,5)6)23-20-27-16-18-29(19-17-27)26-28-14-8-7-9-15-28/h7-9,14-19,37H,10-13,20-26H2,1-6H3. The second-order valence-corrected chi connectivity index (χ2v) is 12.9. The maximum absolute atomic E-state index is 12.0. The number of ether oxygens (including phenoxy) is 2. The number of hydrogen-bond donors (Lipinski definition) is 1. The number of aliphatic hydroxyl groups is 1. The second kappa shape index (κ2) is 15.2. The fourth-order valence-electron chi connectivity index (χ4n) is 4.28. The van der Waals surface area contributed by atoms with Crippen molar-refractivity contribution >= 4 is 11.9 Å². The molecule has 0 aliphatic heterocycles. The van der Waals surface area contributed by atoms with Crippen molar-refractivity contribution in [3.8, 4) is 0 Å². The Morgan fingerprint density at radius 1 is 0.615 bits per heavy atom. The van der Waals surface area contributed by atoms with Crippen LogP contribution in [0.25, 0.3) is 0 Å². The van der Waals surface area contributed by atoms with Gasteiger partial charge in [0.1, 0.15) is 0 Å². The number of benzene rings is 2. The fourth-order valence-corrected chi connectivity index (χ4v) is 4.28. The van der Waals surface area contributed by atoms with Crippen molar-refractivity contribution in [2.45, 2.75) is 105 Å². The first-order valence-electron chi connectivity index (χ1n) is 14.5. The molecule has 39 heavy (non-hydrogen) atoms. The highest BCUT2D eigenvalue weighted by molar-refractivity contribution is 5.75. The van der Waals surface area contributed by atoms with E-state index in [-0.39, 0.29) is 11.9 Å². The maximum atomic E-state index is 12.0. The molecule has 2 aromatic rings. The molecular weight excluding hydrogens is 488 g/mol. The van der Waals surface area contributed by atoms with Crippen LogP contribution in [-0.4, -0.2) is 35.9 Å². The molecule has 0 aliphatic rings. The van der Waals surface area contributed by atoms with Crippen molar-refractivity contribution in [3.05, 3.63) is 71.3 Å². The van der Waals surface area contributed by atoms with Crippen molar-refractivity contribution in [1.29, 1.82) is 0 Å². The van der Waals surface area contributed by atoms with Crippen molar-refractivity contribution in [2.75, 3.05) is 13.2 Å². The molecule has 0 radical (unpaired) electrons. The van der Waals surface area contributed by atoms with Gasteiger partial charge in [-0.05, 0) is 116 Å². The van der Waals surface area contributed by atoms with Gasteiger partial charge < -0.3 is 14.6 Å². The third-order valence-electron chi connectivity index (χ3n) is 6.92. The lowest BCUT2D eigenvalue weighted by Gasteiger charge is -2.29. The van der Waals surface area contributed by atoms with Crippen molar-refractivity contribution in [1.82, 2.24) is 0 Å². The SMILES string of the molecule is CC(C)(C)C(=O)OCCCCC(O)(CCCCOC(=O)C(C)(C)C)CCc1ccc(Cc2ccccc2)cc1. The van der Waals surface area contributed by atoms with Crippen LogP contribution in [0.15, 0.2) is 54.6 Å². The second-order valence-electron chi connectivity index (χ2n) is 12.9. The highest BCUT2D eigenvalue weighted by Crippen LogP contribution is 2.28. The van der Waals surface area contributed by atoms with Crippen molar-refractivity contribution in [3.63, 3.8) is 0 Å². The summed E-state index contributed by atoms with van der Waals surface area (Å²) in [5.74, 6) is -0.392. The minimum atomic E-state index is -0.815. The number of unbranched alkanes of at least 4 members (excludes halogenated alkanes) is 2. The highest BCUT2D eigenvalue weighted by atomic mass is 16.5. The fraction of sp³-hybridized carbons (Fsp3) is 0.588. The quantitative estimate of drug-likeness (QED) is 0.188. The van der Waals surface area contributed by atoms with Gasteiger partial charge in [0.05, 0.1) is 29.6 Å². The Morgan fingerprint density at radius 3 is 1.51 bits per heavy atom. The summed E-state index contributed by atoms with van der Waals surface area (Å²) in [5.41, 5.74) is 1.95. The number of rotatable bonds is 15. The van der Waals surface area contributed by atoms with E-state index >= 15 is 0 Å². The van der Waals surface area contributed by atoms with Gasteiger partial charge in [-0.1, -0.05) is 54.6 Å². The van der Waals surface area contributed by atoms with Gasteiger partial charge in [0.15, 0.2) is 0 Å². The first-order valence-corrected chi connectivity index (χ1v) is 14.5. The first kappa shape index (κ1) is 32.6. The average Bonchev–Trinajstić information content (AvgIpc) is 2.87. The molecule has 0 unspecified atom stereocenters. The molecule has 0 saturated heterocycles. The summed E-state index contributed by atoms with van der Waals surface area (Å²) in [4.78, 5) is 24.0. The third kappa shape index (κ3) is 12.8. The molecular formula is C34H50O5. The Balaban J connectivity index is 1.88. The summed E-state index contributed by atoms with van der Waals surface area (Å²) in [6.45, 7) is 11.8. The van der Waals surface area contributed by atoms with Gasteiger partial charge in [-0.25, -0.2) is 0 Å². The summed E-state index contributed by atoms with van der Waals surface area (Å²) in [5, 5.41) is 11.6. The van der Waals surface area contributed by atoms with Gasteiger partial charge in [-0.2, -0.15) is 0 Å². The zero-order valence-corrected chi connectivity index (χ0v) is 25.1. The monoisotopic (exact) mass is 538 g/mol. The average molecular weight is 539 g/mol. The summed E-state index contributed by atoms with van der Waals surface area (Å²) < 4.78 is 10.8. The molecule has 5 heteroatoms. The first-order chi connectivity index (χ1) is 18.3. The number of carbonyl (C=O) groups excluding carboxylic acids is 2. The number of aryl methyl sites for hydroxylation is 1. The van der Waals surface area contributed by atoms with Gasteiger partial charge in [0.2, 0.25) is 0 Å². The number of esters is 2. The molecule has 0 aliphatic carbocycles. The van der Waals surface area contributed by atoms with E-state index in [1.54, 1.807) is 0 Å². The number of hydrogen-bond acceptors (Lipinski definition) is 5. The summed E-state index contributed by atoms with van der Waals surface area (Å²) in [6.07, 6.45) is 6.66. The Morgan fingerprint density at radius 2 is 1.05 bits per heavy atom. The predicted octanol–water partition coefficient (Wildman–Crippen LogP) is 7.46. The minimum Gasteiger partial charge on any atom is -0.465 e. The Labute approximate surface area is 236 Å². The molecule has 2 aromatic carbocycles. The van der Waals surface area contributed by atoms with E-state index < -0.39 is 16.4 Å². The molecule has 216 valence electrons. The molecule has 0 bridgehead atoms. The molecule has 0 atom stereocenters. The van der Waals surface area contributed by atoms with Crippen LogP contribution < -0.4 is 0 Å². The van der Waals surface area contributed by atoms with Crippen LogP contribution in [0, 0.1) is 10.8 Å². The lowest BCUT2D eigenvalue weighted by molar-refractivity contribution is -0.153. The smallest absolute Gasteiger partial charge is 0.311 e. The van der Waals surface area contributed by atoms with Crippen LogP contribution in [-0.2, 0) is 31.9 Å². The van der Waals surface area contributed by atoms with E-state index in [1.165, 1.54) is 16.7 Å². The van der Waals surface area contributed by atoms with E-state index in [0.29, 0.717) is 32.5 Å². The summed E-state index contributed by atoms with van der Waals surface area (Å²) >= 11 is 0. The zero-order valence-electron chi connectivity index (χ0n) is 25.1. The van der Waals surface area contributed by atoms with Gasteiger partial charge >= 0.3 is 11.9 Å². The van der Waals surface area contributed by atoms with E-state index in [9.17, 15) is 14.7 Å². The minimum absolute atomic E-state index is 0.196. The lowest BCUT2D eigenvalue weighted by atomic mass is 9.85. The van der Waals surface area contributed by atoms with Gasteiger partial charge in [-0.3, -0.25) is 9.59 Å². The molecule has 0 aromatic heterocycles. The van der Waals surface area contributed by atoms with Crippen LogP contribution in [0.4, 0.5) is 0 Å². The number of carbonyl (C=O) groups is 2. The van der Waals surface area contributed by atoms with Crippen LogP contribution >= 0.6 is 0 Å². The van der Waals surface area contributed by atoms with Gasteiger partial charge in [-0.15, -0.1) is 0 Å². The zero-order chi connectivity index (χ0) is 28.9. The van der Waals surface area contributed by atoms with Gasteiger partial charge in [0, 0.05) is 0 Å². The van der Waals surface area contributed by atoms with E-state index in [2.05, 4.69) is 48.5 Å². The molecule has 0 heterocycles. The van der Waals surface area contributed by atoms with Crippen LogP contribution in [0.5, 0.6) is 0 Å².